The Bertz CT molecular complexity index is 1250. The van der Waals surface area contributed by atoms with E-state index in [4.69, 9.17) is 4.74 Å². The fraction of sp³-hybridized carbons (Fsp3) is 0.182. The van der Waals surface area contributed by atoms with E-state index in [9.17, 15) is 4.39 Å². The summed E-state index contributed by atoms with van der Waals surface area (Å²) in [5.41, 5.74) is 3.87. The molecule has 1 aliphatic carbocycles. The lowest BCUT2D eigenvalue weighted by Crippen LogP contribution is -2.22. The standard InChI is InChI=1S/C22H14Br2FNOS/c23-13-4-5-16-12(6-13)7-17-21-15(25)9-14(24)10-18(21)27-22(26(16)17)20-8-11-2-1-3-19(11)28-20/h4-10,22H,1-3H2. The molecule has 0 fully saturated rings. The number of rotatable bonds is 1. The lowest BCUT2D eigenvalue weighted by atomic mass is 10.1. The summed E-state index contributed by atoms with van der Waals surface area (Å²) in [6.07, 6.45) is 3.24. The van der Waals surface area contributed by atoms with Gasteiger partial charge in [0.25, 0.3) is 0 Å². The quantitative estimate of drug-likeness (QED) is 0.255. The molecule has 1 unspecified atom stereocenters. The zero-order valence-electron chi connectivity index (χ0n) is 14.6. The van der Waals surface area contributed by atoms with Crippen LogP contribution in [-0.4, -0.2) is 4.57 Å². The fourth-order valence-electron chi connectivity index (χ4n) is 4.38. The van der Waals surface area contributed by atoms with E-state index in [0.29, 0.717) is 15.8 Å². The molecule has 0 N–H and O–H groups in total. The number of aromatic nitrogens is 1. The molecule has 0 amide bonds. The predicted molar refractivity (Wildman–Crippen MR) is 118 cm³/mol. The molecule has 2 aromatic heterocycles. The molecule has 3 heterocycles. The average molecular weight is 519 g/mol. The minimum absolute atomic E-state index is 0.278. The molecular weight excluding hydrogens is 505 g/mol. The number of benzene rings is 2. The molecular formula is C22H14Br2FNOS. The second-order valence-corrected chi connectivity index (χ2v) is 10.3. The van der Waals surface area contributed by atoms with Crippen LogP contribution in [0.1, 0.15) is 28.0 Å². The lowest BCUT2D eigenvalue weighted by Gasteiger charge is -2.29. The van der Waals surface area contributed by atoms with Crippen LogP contribution in [0.5, 0.6) is 5.75 Å². The highest BCUT2D eigenvalue weighted by Crippen LogP contribution is 2.48. The normalized spacial score (nSPS) is 17.3. The summed E-state index contributed by atoms with van der Waals surface area (Å²) in [6.45, 7) is 0. The number of ether oxygens (including phenoxy) is 1. The molecule has 2 nitrogen and oxygen atoms in total. The third kappa shape index (κ3) is 2.47. The number of fused-ring (bicyclic) bond motifs is 6. The molecule has 0 saturated heterocycles. The molecule has 28 heavy (non-hydrogen) atoms. The first-order chi connectivity index (χ1) is 13.6. The summed E-state index contributed by atoms with van der Waals surface area (Å²) in [4.78, 5) is 2.64. The summed E-state index contributed by atoms with van der Waals surface area (Å²) in [6, 6.07) is 13.9. The van der Waals surface area contributed by atoms with Crippen molar-refractivity contribution >= 4 is 54.1 Å². The summed E-state index contributed by atoms with van der Waals surface area (Å²) in [7, 11) is 0. The third-order valence-electron chi connectivity index (χ3n) is 5.56. The number of nitrogens with zero attached hydrogens (tertiary/aromatic N) is 1. The molecule has 1 aliphatic heterocycles. The Morgan fingerprint density at radius 3 is 2.79 bits per heavy atom. The fourth-order valence-corrected chi connectivity index (χ4v) is 6.44. The molecule has 0 bridgehead atoms. The zero-order chi connectivity index (χ0) is 19.0. The molecule has 0 spiro atoms. The van der Waals surface area contributed by atoms with Crippen LogP contribution in [-0.2, 0) is 12.8 Å². The smallest absolute Gasteiger partial charge is 0.212 e. The third-order valence-corrected chi connectivity index (χ3v) is 7.78. The van der Waals surface area contributed by atoms with Crippen molar-refractivity contribution < 1.29 is 9.13 Å². The van der Waals surface area contributed by atoms with E-state index in [0.717, 1.165) is 33.9 Å². The van der Waals surface area contributed by atoms with E-state index >= 15 is 0 Å². The van der Waals surface area contributed by atoms with Crippen LogP contribution >= 0.6 is 43.2 Å². The van der Waals surface area contributed by atoms with Crippen molar-refractivity contribution in [3.8, 4) is 17.0 Å². The van der Waals surface area contributed by atoms with E-state index in [1.54, 1.807) is 0 Å². The van der Waals surface area contributed by atoms with Gasteiger partial charge in [-0.25, -0.2) is 4.39 Å². The lowest BCUT2D eigenvalue weighted by molar-refractivity contribution is 0.176. The van der Waals surface area contributed by atoms with E-state index in [-0.39, 0.29) is 12.0 Å². The van der Waals surface area contributed by atoms with Gasteiger partial charge in [-0.2, -0.15) is 0 Å². The van der Waals surface area contributed by atoms with Crippen molar-refractivity contribution in [2.45, 2.75) is 25.5 Å². The second kappa shape index (κ2) is 6.18. The maximum Gasteiger partial charge on any atom is 0.212 e. The SMILES string of the molecule is Fc1cc(Br)cc2c1-c1cc3cc(Br)ccc3n1C(c1cc3c(s1)CCC3)O2. The van der Waals surface area contributed by atoms with Crippen molar-refractivity contribution in [3.63, 3.8) is 0 Å². The maximum absolute atomic E-state index is 15.0. The van der Waals surface area contributed by atoms with Crippen molar-refractivity contribution in [1.29, 1.82) is 0 Å². The number of halogens is 3. The average Bonchev–Trinajstić information content (AvgIpc) is 3.32. The topological polar surface area (TPSA) is 14.2 Å². The molecule has 4 aromatic rings. The minimum Gasteiger partial charge on any atom is -0.464 e. The number of hydrogen-bond acceptors (Lipinski definition) is 2. The Morgan fingerprint density at radius 2 is 1.93 bits per heavy atom. The van der Waals surface area contributed by atoms with Gasteiger partial charge in [-0.15, -0.1) is 11.3 Å². The van der Waals surface area contributed by atoms with E-state index < -0.39 is 0 Å². The van der Waals surface area contributed by atoms with Crippen molar-refractivity contribution in [3.05, 3.63) is 72.5 Å². The van der Waals surface area contributed by atoms with Crippen LogP contribution in [0.4, 0.5) is 4.39 Å². The maximum atomic E-state index is 15.0. The van der Waals surface area contributed by atoms with Crippen LogP contribution in [0.2, 0.25) is 0 Å². The van der Waals surface area contributed by atoms with Crippen LogP contribution in [0, 0.1) is 5.82 Å². The second-order valence-electron chi connectivity index (χ2n) is 7.28. The van der Waals surface area contributed by atoms with Gasteiger partial charge in [-0.3, -0.25) is 4.57 Å². The molecule has 140 valence electrons. The Kier molecular flexibility index (Phi) is 3.81. The van der Waals surface area contributed by atoms with Gasteiger partial charge in [-0.05, 0) is 67.3 Å². The van der Waals surface area contributed by atoms with Gasteiger partial charge in [0, 0.05) is 19.2 Å². The van der Waals surface area contributed by atoms with E-state index in [2.05, 4.69) is 60.7 Å². The summed E-state index contributed by atoms with van der Waals surface area (Å²) in [5.74, 6) is 0.305. The summed E-state index contributed by atoms with van der Waals surface area (Å²) < 4.78 is 25.2. The molecule has 6 rings (SSSR count). The van der Waals surface area contributed by atoms with Gasteiger partial charge >= 0.3 is 0 Å². The largest absolute Gasteiger partial charge is 0.464 e. The highest BCUT2D eigenvalue weighted by Gasteiger charge is 2.33. The molecule has 0 saturated carbocycles. The Balaban J connectivity index is 1.65. The van der Waals surface area contributed by atoms with Crippen LogP contribution < -0.4 is 4.74 Å². The highest BCUT2D eigenvalue weighted by atomic mass is 79.9. The Morgan fingerprint density at radius 1 is 1.04 bits per heavy atom. The van der Waals surface area contributed by atoms with Crippen molar-refractivity contribution in [2.24, 2.45) is 0 Å². The summed E-state index contributed by atoms with van der Waals surface area (Å²) in [5, 5.41) is 1.07. The number of hydrogen-bond donors (Lipinski definition) is 0. The molecule has 2 aliphatic rings. The van der Waals surface area contributed by atoms with Gasteiger partial charge in [0.05, 0.1) is 21.7 Å². The van der Waals surface area contributed by atoms with Gasteiger partial charge < -0.3 is 4.74 Å². The first-order valence-electron chi connectivity index (χ1n) is 9.16. The molecule has 0 radical (unpaired) electrons. The van der Waals surface area contributed by atoms with Gasteiger partial charge in [0.15, 0.2) is 0 Å². The highest BCUT2D eigenvalue weighted by molar-refractivity contribution is 9.10. The van der Waals surface area contributed by atoms with Gasteiger partial charge in [0.2, 0.25) is 6.23 Å². The van der Waals surface area contributed by atoms with Crippen LogP contribution in [0.3, 0.4) is 0 Å². The van der Waals surface area contributed by atoms with E-state index in [1.807, 2.05) is 23.5 Å². The first kappa shape index (κ1) is 17.2. The minimum atomic E-state index is -0.287. The van der Waals surface area contributed by atoms with Gasteiger partial charge in [0.1, 0.15) is 11.6 Å². The summed E-state index contributed by atoms with van der Waals surface area (Å²) >= 11 is 8.79. The number of thiophene rings is 1. The Hall–Kier alpha value is -1.63. The number of aryl methyl sites for hydroxylation is 2. The first-order valence-corrected chi connectivity index (χ1v) is 11.6. The monoisotopic (exact) mass is 517 g/mol. The van der Waals surface area contributed by atoms with Crippen LogP contribution in [0.25, 0.3) is 22.2 Å². The predicted octanol–water partition coefficient (Wildman–Crippen LogP) is 7.46. The molecule has 1 atom stereocenters. The Labute approximate surface area is 182 Å². The van der Waals surface area contributed by atoms with Gasteiger partial charge in [-0.1, -0.05) is 31.9 Å². The molecule has 2 aromatic carbocycles. The van der Waals surface area contributed by atoms with Crippen molar-refractivity contribution in [1.82, 2.24) is 4.57 Å². The van der Waals surface area contributed by atoms with Crippen LogP contribution in [0.15, 0.2) is 51.4 Å². The van der Waals surface area contributed by atoms with E-state index in [1.165, 1.54) is 27.8 Å². The van der Waals surface area contributed by atoms with Crippen molar-refractivity contribution in [2.75, 3.05) is 0 Å². The molecule has 6 heteroatoms. The zero-order valence-corrected chi connectivity index (χ0v) is 18.6.